The van der Waals surface area contributed by atoms with Crippen LogP contribution in [-0.2, 0) is 21.1 Å². The average Bonchev–Trinajstić information content (AvgIpc) is 2.25. The van der Waals surface area contributed by atoms with E-state index in [1.165, 1.54) is 0 Å². The number of hydrogen-bond donors (Lipinski definition) is 0. The van der Waals surface area contributed by atoms with Crippen molar-refractivity contribution in [3.8, 4) is 0 Å². The molecule has 4 heteroatoms. The lowest BCUT2D eigenvalue weighted by Gasteiger charge is -2.19. The Morgan fingerprint density at radius 1 is 0.950 bits per heavy atom. The second-order valence-corrected chi connectivity index (χ2v) is 6.66. The highest BCUT2D eigenvalue weighted by molar-refractivity contribution is 5.89. The molecule has 0 saturated heterocycles. The zero-order chi connectivity index (χ0) is 15.4. The third kappa shape index (κ3) is 6.68. The van der Waals surface area contributed by atoms with Crippen molar-refractivity contribution in [2.45, 2.75) is 59.4 Å². The fraction of sp³-hybridized carbons (Fsp3) is 0.562. The maximum atomic E-state index is 11.8. The summed E-state index contributed by atoms with van der Waals surface area (Å²) in [6.07, 6.45) is 0. The van der Waals surface area contributed by atoms with E-state index >= 15 is 0 Å². The first-order chi connectivity index (χ1) is 9.07. The fourth-order valence-electron chi connectivity index (χ4n) is 1.35. The highest BCUT2D eigenvalue weighted by Gasteiger charge is 2.17. The van der Waals surface area contributed by atoms with Gasteiger partial charge in [0.25, 0.3) is 0 Å². The van der Waals surface area contributed by atoms with Crippen molar-refractivity contribution in [3.63, 3.8) is 0 Å². The summed E-state index contributed by atoms with van der Waals surface area (Å²) in [6, 6.07) is 7.10. The van der Waals surface area contributed by atoms with Gasteiger partial charge < -0.3 is 4.74 Å². The molecule has 20 heavy (non-hydrogen) atoms. The van der Waals surface area contributed by atoms with Gasteiger partial charge in [0.1, 0.15) is 12.2 Å². The molecule has 0 bridgehead atoms. The summed E-state index contributed by atoms with van der Waals surface area (Å²) in [4.78, 5) is 22.2. The largest absolute Gasteiger partial charge is 0.456 e. The van der Waals surface area contributed by atoms with E-state index in [4.69, 9.17) is 14.5 Å². The third-order valence-corrected chi connectivity index (χ3v) is 2.12. The molecule has 4 nitrogen and oxygen atoms in total. The predicted molar refractivity (Wildman–Crippen MR) is 77.2 cm³/mol. The quantitative estimate of drug-likeness (QED) is 0.477. The Kier molecular flexibility index (Phi) is 5.31. The van der Waals surface area contributed by atoms with Gasteiger partial charge in [0.2, 0.25) is 0 Å². The molecule has 0 unspecified atom stereocenters. The monoisotopic (exact) mass is 280 g/mol. The van der Waals surface area contributed by atoms with E-state index in [1.54, 1.807) is 12.1 Å². The van der Waals surface area contributed by atoms with Gasteiger partial charge in [-0.3, -0.25) is 0 Å². The van der Waals surface area contributed by atoms with E-state index < -0.39 is 5.60 Å². The van der Waals surface area contributed by atoms with Crippen LogP contribution in [0.4, 0.5) is 0 Å². The van der Waals surface area contributed by atoms with Crippen LogP contribution in [0.3, 0.4) is 0 Å². The van der Waals surface area contributed by atoms with E-state index in [0.29, 0.717) is 12.2 Å². The van der Waals surface area contributed by atoms with Crippen molar-refractivity contribution in [1.82, 2.24) is 0 Å². The van der Waals surface area contributed by atoms with Crippen LogP contribution in [0.25, 0.3) is 0 Å². The first kappa shape index (κ1) is 16.7. The lowest BCUT2D eigenvalue weighted by molar-refractivity contribution is -0.356. The van der Waals surface area contributed by atoms with E-state index in [9.17, 15) is 4.79 Å². The van der Waals surface area contributed by atoms with Crippen molar-refractivity contribution in [3.05, 3.63) is 35.4 Å². The minimum Gasteiger partial charge on any atom is -0.456 e. The summed E-state index contributed by atoms with van der Waals surface area (Å²) in [5, 5.41) is 0. The Morgan fingerprint density at radius 2 is 1.50 bits per heavy atom. The first-order valence-corrected chi connectivity index (χ1v) is 6.70. The van der Waals surface area contributed by atoms with Crippen molar-refractivity contribution >= 4 is 5.97 Å². The van der Waals surface area contributed by atoms with E-state index in [2.05, 4.69) is 0 Å². The summed E-state index contributed by atoms with van der Waals surface area (Å²) in [6.45, 7) is 11.6. The zero-order valence-electron chi connectivity index (χ0n) is 13.1. The highest BCUT2D eigenvalue weighted by atomic mass is 17.2. The summed E-state index contributed by atoms with van der Waals surface area (Å²) in [7, 11) is 0. The lowest BCUT2D eigenvalue weighted by Crippen LogP contribution is -2.23. The Labute approximate surface area is 121 Å². The number of carbonyl (C=O) groups is 1. The molecule has 0 aliphatic rings. The molecule has 0 atom stereocenters. The Morgan fingerprint density at radius 3 is 1.95 bits per heavy atom. The second-order valence-electron chi connectivity index (χ2n) is 6.66. The molecule has 1 aromatic rings. The van der Waals surface area contributed by atoms with Crippen molar-refractivity contribution < 1.29 is 19.3 Å². The molecule has 0 spiro atoms. The molecule has 0 fully saturated rings. The van der Waals surface area contributed by atoms with Crippen LogP contribution >= 0.6 is 0 Å². The Hall–Kier alpha value is -1.39. The van der Waals surface area contributed by atoms with Gasteiger partial charge in [0.05, 0.1) is 11.2 Å². The number of hydrogen-bond acceptors (Lipinski definition) is 4. The highest BCUT2D eigenvalue weighted by Crippen LogP contribution is 2.14. The van der Waals surface area contributed by atoms with Gasteiger partial charge in [0, 0.05) is 0 Å². The van der Waals surface area contributed by atoms with E-state index in [-0.39, 0.29) is 11.6 Å². The van der Waals surface area contributed by atoms with Gasteiger partial charge in [0.15, 0.2) is 0 Å². The van der Waals surface area contributed by atoms with Crippen molar-refractivity contribution in [2.75, 3.05) is 0 Å². The molecule has 1 aromatic carbocycles. The topological polar surface area (TPSA) is 44.8 Å². The molecule has 0 aliphatic carbocycles. The number of rotatable bonds is 4. The minimum absolute atomic E-state index is 0.323. The van der Waals surface area contributed by atoms with Gasteiger partial charge in [-0.25, -0.2) is 14.6 Å². The van der Waals surface area contributed by atoms with Crippen LogP contribution in [0, 0.1) is 0 Å². The van der Waals surface area contributed by atoms with Crippen LogP contribution in [0.5, 0.6) is 0 Å². The summed E-state index contributed by atoms with van der Waals surface area (Å²) in [5.74, 6) is -0.323. The average molecular weight is 280 g/mol. The zero-order valence-corrected chi connectivity index (χ0v) is 13.1. The number of esters is 1. The second kappa shape index (κ2) is 6.37. The van der Waals surface area contributed by atoms with E-state index in [0.717, 1.165) is 5.56 Å². The van der Waals surface area contributed by atoms with Crippen LogP contribution in [0.1, 0.15) is 57.5 Å². The molecular weight excluding hydrogens is 256 g/mol. The minimum atomic E-state index is -0.487. The van der Waals surface area contributed by atoms with Crippen molar-refractivity contribution in [1.29, 1.82) is 0 Å². The maximum Gasteiger partial charge on any atom is 0.338 e. The molecule has 0 aromatic heterocycles. The predicted octanol–water partition coefficient (Wildman–Crippen LogP) is 3.89. The van der Waals surface area contributed by atoms with Crippen LogP contribution in [-0.4, -0.2) is 17.2 Å². The SMILES string of the molecule is CC(C)(C)OOCc1ccc(C(=O)OC(C)(C)C)cc1. The Bertz CT molecular complexity index is 435. The van der Waals surface area contributed by atoms with Gasteiger partial charge >= 0.3 is 5.97 Å². The number of ether oxygens (including phenoxy) is 1. The van der Waals surface area contributed by atoms with Crippen LogP contribution < -0.4 is 0 Å². The molecule has 0 aliphatic heterocycles. The molecule has 0 heterocycles. The summed E-state index contributed by atoms with van der Waals surface area (Å²) >= 11 is 0. The molecular formula is C16H24O4. The molecule has 0 amide bonds. The van der Waals surface area contributed by atoms with Crippen molar-refractivity contribution in [2.24, 2.45) is 0 Å². The van der Waals surface area contributed by atoms with Gasteiger partial charge in [-0.1, -0.05) is 12.1 Å². The van der Waals surface area contributed by atoms with Crippen LogP contribution in [0.2, 0.25) is 0 Å². The van der Waals surface area contributed by atoms with Gasteiger partial charge in [-0.05, 0) is 59.2 Å². The standard InChI is InChI=1S/C16H24O4/c1-15(2,3)19-14(17)13-9-7-12(8-10-13)11-18-20-16(4,5)6/h7-10H,11H2,1-6H3. The molecule has 0 saturated carbocycles. The molecule has 0 radical (unpaired) electrons. The first-order valence-electron chi connectivity index (χ1n) is 6.70. The maximum absolute atomic E-state index is 11.8. The third-order valence-electron chi connectivity index (χ3n) is 2.12. The number of carbonyl (C=O) groups excluding carboxylic acids is 1. The van der Waals surface area contributed by atoms with E-state index in [1.807, 2.05) is 53.7 Å². The normalized spacial score (nSPS) is 12.3. The lowest BCUT2D eigenvalue weighted by atomic mass is 10.1. The molecule has 1 rings (SSSR count). The van der Waals surface area contributed by atoms with Crippen LogP contribution in [0.15, 0.2) is 24.3 Å². The Balaban J connectivity index is 2.54. The molecule has 0 N–H and O–H groups in total. The molecule has 112 valence electrons. The summed E-state index contributed by atoms with van der Waals surface area (Å²) < 4.78 is 5.29. The smallest absolute Gasteiger partial charge is 0.338 e. The van der Waals surface area contributed by atoms with Gasteiger partial charge in [-0.15, -0.1) is 0 Å². The van der Waals surface area contributed by atoms with Gasteiger partial charge in [-0.2, -0.15) is 0 Å². The number of benzene rings is 1. The fourth-order valence-corrected chi connectivity index (χ4v) is 1.35. The summed E-state index contributed by atoms with van der Waals surface area (Å²) in [5.41, 5.74) is 0.637.